The number of ether oxygens (including phenoxy) is 2. The maximum absolute atomic E-state index is 13.3. The second kappa shape index (κ2) is 9.94. The van der Waals surface area contributed by atoms with Crippen molar-refractivity contribution in [2.24, 2.45) is 0 Å². The van der Waals surface area contributed by atoms with Gasteiger partial charge in [0.05, 0.1) is 18.4 Å². The number of imide groups is 2. The predicted molar refractivity (Wildman–Crippen MR) is 132 cm³/mol. The third kappa shape index (κ3) is 4.99. The van der Waals surface area contributed by atoms with Gasteiger partial charge in [-0.15, -0.1) is 0 Å². The van der Waals surface area contributed by atoms with Crippen LogP contribution >= 0.6 is 15.9 Å². The molecule has 0 spiro atoms. The molecule has 9 heteroatoms. The number of carbonyl (C=O) groups is 4. The van der Waals surface area contributed by atoms with Gasteiger partial charge in [-0.1, -0.05) is 45.8 Å². The largest absolute Gasteiger partial charge is 0.495 e. The summed E-state index contributed by atoms with van der Waals surface area (Å²) in [6, 6.07) is 17.2. The first-order chi connectivity index (χ1) is 16.8. The summed E-state index contributed by atoms with van der Waals surface area (Å²) in [6.45, 7) is 1.86. The van der Waals surface area contributed by atoms with Crippen LogP contribution < -0.4 is 19.7 Å². The van der Waals surface area contributed by atoms with E-state index in [9.17, 15) is 19.2 Å². The van der Waals surface area contributed by atoms with E-state index in [1.807, 2.05) is 13.0 Å². The van der Waals surface area contributed by atoms with E-state index in [1.165, 1.54) is 19.3 Å². The third-order valence-electron chi connectivity index (χ3n) is 5.16. The fourth-order valence-electron chi connectivity index (χ4n) is 3.50. The molecule has 0 aromatic heterocycles. The van der Waals surface area contributed by atoms with Gasteiger partial charge < -0.3 is 9.47 Å². The lowest BCUT2D eigenvalue weighted by molar-refractivity contribution is -0.122. The van der Waals surface area contributed by atoms with E-state index in [1.54, 1.807) is 54.6 Å². The Morgan fingerprint density at radius 3 is 2.49 bits per heavy atom. The van der Waals surface area contributed by atoms with Crippen LogP contribution in [0.5, 0.6) is 11.5 Å². The number of hydrogen-bond donors (Lipinski definition) is 1. The second-order valence-electron chi connectivity index (χ2n) is 7.57. The molecule has 35 heavy (non-hydrogen) atoms. The lowest BCUT2D eigenvalue weighted by Crippen LogP contribution is -2.54. The van der Waals surface area contributed by atoms with Gasteiger partial charge in [-0.3, -0.25) is 14.9 Å². The van der Waals surface area contributed by atoms with Crippen LogP contribution in [0.25, 0.3) is 6.08 Å². The normalized spacial score (nSPS) is 14.7. The van der Waals surface area contributed by atoms with Gasteiger partial charge in [0.2, 0.25) is 0 Å². The molecule has 0 unspecified atom stereocenters. The Bertz CT molecular complexity index is 1400. The fraction of sp³-hybridized carbons (Fsp3) is 0.0769. The lowest BCUT2D eigenvalue weighted by Gasteiger charge is -2.27. The smallest absolute Gasteiger partial charge is 0.343 e. The molecule has 4 amide bonds. The number of hydrogen-bond acceptors (Lipinski definition) is 6. The summed E-state index contributed by atoms with van der Waals surface area (Å²) in [6.07, 6.45) is 1.27. The molecule has 1 fully saturated rings. The standard InChI is InChI=1S/C26H19BrN2O6/c1-15-6-5-7-16(12-15)25(32)35-21-11-10-18(27)13-17(21)14-19-23(30)28-26(33)29(24(19)31)20-8-3-4-9-22(20)34-2/h3-14H,1-2H3,(H,28,30,33)/b19-14-. The van der Waals surface area contributed by atoms with Gasteiger partial charge in [-0.25, -0.2) is 14.5 Å². The number of methoxy groups -OCH3 is 1. The molecule has 1 N–H and O–H groups in total. The van der Waals surface area contributed by atoms with Crippen LogP contribution in [0.3, 0.4) is 0 Å². The average Bonchev–Trinajstić information content (AvgIpc) is 2.83. The Hall–Kier alpha value is -4.24. The molecular weight excluding hydrogens is 516 g/mol. The first-order valence-electron chi connectivity index (χ1n) is 10.4. The van der Waals surface area contributed by atoms with Crippen molar-refractivity contribution in [1.29, 1.82) is 0 Å². The van der Waals surface area contributed by atoms with E-state index < -0.39 is 23.8 Å². The molecular formula is C26H19BrN2O6. The monoisotopic (exact) mass is 534 g/mol. The molecule has 4 rings (SSSR count). The lowest BCUT2D eigenvalue weighted by atomic mass is 10.1. The van der Waals surface area contributed by atoms with Crippen molar-refractivity contribution in [3.05, 3.63) is 93.5 Å². The Labute approximate surface area is 209 Å². The summed E-state index contributed by atoms with van der Waals surface area (Å²) in [5.74, 6) is -1.91. The highest BCUT2D eigenvalue weighted by atomic mass is 79.9. The van der Waals surface area contributed by atoms with Crippen molar-refractivity contribution in [1.82, 2.24) is 5.32 Å². The molecule has 3 aromatic rings. The highest BCUT2D eigenvalue weighted by molar-refractivity contribution is 9.10. The number of aryl methyl sites for hydroxylation is 1. The maximum Gasteiger partial charge on any atom is 0.343 e. The molecule has 1 aliphatic heterocycles. The number of halogens is 1. The first kappa shape index (κ1) is 23.9. The molecule has 0 saturated carbocycles. The van der Waals surface area contributed by atoms with E-state index in [2.05, 4.69) is 21.2 Å². The van der Waals surface area contributed by atoms with Crippen molar-refractivity contribution in [2.75, 3.05) is 12.0 Å². The Balaban J connectivity index is 1.73. The number of nitrogens with zero attached hydrogens (tertiary/aromatic N) is 1. The number of anilines is 1. The minimum absolute atomic E-state index is 0.133. The Morgan fingerprint density at radius 1 is 0.971 bits per heavy atom. The summed E-state index contributed by atoms with van der Waals surface area (Å²) in [7, 11) is 1.41. The minimum atomic E-state index is -0.901. The molecule has 8 nitrogen and oxygen atoms in total. The Morgan fingerprint density at radius 2 is 1.74 bits per heavy atom. The van der Waals surface area contributed by atoms with Crippen LogP contribution in [-0.4, -0.2) is 30.9 Å². The number of benzene rings is 3. The zero-order chi connectivity index (χ0) is 25.1. The summed E-state index contributed by atoms with van der Waals surface area (Å²) in [4.78, 5) is 52.0. The second-order valence-corrected chi connectivity index (χ2v) is 8.49. The summed E-state index contributed by atoms with van der Waals surface area (Å²) >= 11 is 3.35. The molecule has 1 heterocycles. The van der Waals surface area contributed by atoms with Crippen LogP contribution in [0.1, 0.15) is 21.5 Å². The quantitative estimate of drug-likeness (QED) is 0.221. The molecule has 0 aliphatic carbocycles. The summed E-state index contributed by atoms with van der Waals surface area (Å²) < 4.78 is 11.5. The third-order valence-corrected chi connectivity index (χ3v) is 5.65. The van der Waals surface area contributed by atoms with Crippen molar-refractivity contribution < 1.29 is 28.7 Å². The molecule has 0 radical (unpaired) electrons. The molecule has 176 valence electrons. The number of barbiturate groups is 1. The van der Waals surface area contributed by atoms with Crippen molar-refractivity contribution in [3.63, 3.8) is 0 Å². The number of carbonyl (C=O) groups excluding carboxylic acids is 4. The van der Waals surface area contributed by atoms with Crippen LogP contribution in [0.4, 0.5) is 10.5 Å². The van der Waals surface area contributed by atoms with E-state index >= 15 is 0 Å². The number of urea groups is 1. The van der Waals surface area contributed by atoms with E-state index in [-0.39, 0.29) is 28.3 Å². The molecule has 0 atom stereocenters. The molecule has 3 aromatic carbocycles. The minimum Gasteiger partial charge on any atom is -0.495 e. The zero-order valence-corrected chi connectivity index (χ0v) is 20.3. The number of nitrogens with one attached hydrogen (secondary N) is 1. The summed E-state index contributed by atoms with van der Waals surface area (Å²) in [5.41, 5.74) is 1.39. The van der Waals surface area contributed by atoms with Gasteiger partial charge in [-0.2, -0.15) is 0 Å². The first-order valence-corrected chi connectivity index (χ1v) is 11.2. The summed E-state index contributed by atoms with van der Waals surface area (Å²) in [5, 5.41) is 2.17. The van der Waals surface area contributed by atoms with E-state index in [0.29, 0.717) is 10.0 Å². The van der Waals surface area contributed by atoms with Crippen molar-refractivity contribution in [3.8, 4) is 11.5 Å². The van der Waals surface area contributed by atoms with E-state index in [4.69, 9.17) is 9.47 Å². The Kier molecular flexibility index (Phi) is 6.79. The molecule has 1 aliphatic rings. The van der Waals surface area contributed by atoms with Gasteiger partial charge in [0.1, 0.15) is 17.1 Å². The van der Waals surface area contributed by atoms with Crippen molar-refractivity contribution >= 4 is 51.5 Å². The van der Waals surface area contributed by atoms with Gasteiger partial charge >= 0.3 is 12.0 Å². The van der Waals surface area contributed by atoms with Gasteiger partial charge in [-0.05, 0) is 55.5 Å². The van der Waals surface area contributed by atoms with Gasteiger partial charge in [0.15, 0.2) is 0 Å². The molecule has 0 bridgehead atoms. The zero-order valence-electron chi connectivity index (χ0n) is 18.7. The van der Waals surface area contributed by atoms with Crippen LogP contribution in [0.15, 0.2) is 76.8 Å². The average molecular weight is 535 g/mol. The predicted octanol–water partition coefficient (Wildman–Crippen LogP) is 4.65. The van der Waals surface area contributed by atoms with Gasteiger partial charge in [0.25, 0.3) is 11.8 Å². The number of esters is 1. The van der Waals surface area contributed by atoms with Gasteiger partial charge in [0, 0.05) is 10.0 Å². The van der Waals surface area contributed by atoms with Crippen LogP contribution in [-0.2, 0) is 9.59 Å². The highest BCUT2D eigenvalue weighted by Crippen LogP contribution is 2.32. The topological polar surface area (TPSA) is 102 Å². The number of rotatable bonds is 5. The number of para-hydroxylation sites is 2. The maximum atomic E-state index is 13.3. The van der Waals surface area contributed by atoms with E-state index in [0.717, 1.165) is 10.5 Å². The fourth-order valence-corrected chi connectivity index (χ4v) is 3.88. The van der Waals surface area contributed by atoms with Crippen LogP contribution in [0.2, 0.25) is 0 Å². The van der Waals surface area contributed by atoms with Crippen molar-refractivity contribution in [2.45, 2.75) is 6.92 Å². The SMILES string of the molecule is COc1ccccc1N1C(=O)NC(=O)/C(=C/c2cc(Br)ccc2OC(=O)c2cccc(C)c2)C1=O. The van der Waals surface area contributed by atoms with Crippen LogP contribution in [0, 0.1) is 6.92 Å². The number of amides is 4. The molecule has 1 saturated heterocycles. The highest BCUT2D eigenvalue weighted by Gasteiger charge is 2.38.